The van der Waals surface area contributed by atoms with Crippen molar-refractivity contribution < 1.29 is 0 Å². The first-order valence-electron chi connectivity index (χ1n) is 2.18. The van der Waals surface area contributed by atoms with E-state index in [0.717, 1.165) is 0 Å². The average Bonchev–Trinajstić information content (AvgIpc) is 1.90. The second-order valence-corrected chi connectivity index (χ2v) is 1.46. The summed E-state index contributed by atoms with van der Waals surface area (Å²) in [5.41, 5.74) is 0. The molecular formula is C5H4N2S. The summed E-state index contributed by atoms with van der Waals surface area (Å²) >= 11 is 4.38. The fourth-order valence-electron chi connectivity index (χ4n) is 0.408. The summed E-state index contributed by atoms with van der Waals surface area (Å²) in [5.74, 6) is 0.600. The van der Waals surface area contributed by atoms with E-state index in [4.69, 9.17) is 0 Å². The first-order valence-corrected chi connectivity index (χ1v) is 2.54. The number of pyridine rings is 1. The lowest BCUT2D eigenvalue weighted by atomic mass is 10.5. The van der Waals surface area contributed by atoms with Crippen molar-refractivity contribution in [1.82, 2.24) is 4.98 Å². The molecule has 0 aliphatic heterocycles. The zero-order valence-corrected chi connectivity index (χ0v) is 4.93. The van der Waals surface area contributed by atoms with Crippen molar-refractivity contribution in [3.8, 4) is 0 Å². The van der Waals surface area contributed by atoms with Gasteiger partial charge in [0.1, 0.15) is 0 Å². The number of aromatic nitrogens is 1. The summed E-state index contributed by atoms with van der Waals surface area (Å²) < 4.78 is 3.44. The molecule has 0 radical (unpaired) electrons. The van der Waals surface area contributed by atoms with Gasteiger partial charge in [0.25, 0.3) is 0 Å². The SMILES string of the molecule is S=Nc1ccccn1. The Morgan fingerprint density at radius 1 is 1.50 bits per heavy atom. The number of rotatable bonds is 1. The molecule has 1 aromatic rings. The Bertz CT molecular complexity index is 173. The molecule has 0 amide bonds. The molecule has 0 saturated carbocycles. The summed E-state index contributed by atoms with van der Waals surface area (Å²) in [4.78, 5) is 3.83. The lowest BCUT2D eigenvalue weighted by Crippen LogP contribution is -1.66. The Hall–Kier alpha value is -0.830. The third-order valence-corrected chi connectivity index (χ3v) is 0.930. The molecule has 0 spiro atoms. The molecule has 0 aliphatic carbocycles. The van der Waals surface area contributed by atoms with E-state index in [-0.39, 0.29) is 0 Å². The highest BCUT2D eigenvalue weighted by Gasteiger charge is 1.80. The topological polar surface area (TPSA) is 25.2 Å². The first kappa shape index (κ1) is 5.31. The van der Waals surface area contributed by atoms with Gasteiger partial charge in [-0.15, -0.1) is 0 Å². The van der Waals surface area contributed by atoms with Crippen LogP contribution in [0.15, 0.2) is 28.8 Å². The van der Waals surface area contributed by atoms with Gasteiger partial charge in [-0.3, -0.25) is 0 Å². The Balaban J connectivity index is 2.99. The average molecular weight is 124 g/mol. The van der Waals surface area contributed by atoms with Gasteiger partial charge in [-0.25, -0.2) is 4.98 Å². The van der Waals surface area contributed by atoms with E-state index in [0.29, 0.717) is 5.82 Å². The molecule has 0 atom stereocenters. The number of nitrogens with zero attached hydrogens (tertiary/aromatic N) is 2. The fraction of sp³-hybridized carbons (Fsp3) is 0. The predicted octanol–water partition coefficient (Wildman–Crippen LogP) is 1.44. The van der Waals surface area contributed by atoms with Crippen molar-refractivity contribution in [3.05, 3.63) is 24.4 Å². The second kappa shape index (κ2) is 2.47. The molecule has 0 unspecified atom stereocenters. The minimum absolute atomic E-state index is 0.600. The molecule has 0 saturated heterocycles. The minimum atomic E-state index is 0.600. The molecule has 1 rings (SSSR count). The van der Waals surface area contributed by atoms with Crippen molar-refractivity contribution in [3.63, 3.8) is 0 Å². The highest BCUT2D eigenvalue weighted by Crippen LogP contribution is 2.01. The summed E-state index contributed by atoms with van der Waals surface area (Å²) in [6, 6.07) is 5.43. The number of hydrogen-bond donors (Lipinski definition) is 0. The van der Waals surface area contributed by atoms with E-state index < -0.39 is 0 Å². The van der Waals surface area contributed by atoms with Crippen molar-refractivity contribution in [1.29, 1.82) is 0 Å². The summed E-state index contributed by atoms with van der Waals surface area (Å²) in [7, 11) is 0. The van der Waals surface area contributed by atoms with Gasteiger partial charge < -0.3 is 0 Å². The fourth-order valence-corrected chi connectivity index (χ4v) is 0.516. The van der Waals surface area contributed by atoms with E-state index in [2.05, 4.69) is 21.8 Å². The van der Waals surface area contributed by atoms with Crippen LogP contribution in [-0.2, 0) is 12.4 Å². The third kappa shape index (κ3) is 1.07. The molecule has 0 bridgehead atoms. The van der Waals surface area contributed by atoms with Gasteiger partial charge in [-0.05, 0) is 12.1 Å². The zero-order valence-electron chi connectivity index (χ0n) is 4.11. The molecule has 1 aromatic heterocycles. The highest BCUT2D eigenvalue weighted by molar-refractivity contribution is 7.47. The largest absolute Gasteiger partial charge is 0.236 e. The van der Waals surface area contributed by atoms with Crippen LogP contribution in [0.5, 0.6) is 0 Å². The second-order valence-electron chi connectivity index (χ2n) is 1.28. The molecule has 0 aromatic carbocycles. The Morgan fingerprint density at radius 3 is 2.75 bits per heavy atom. The molecule has 1 heterocycles. The summed E-state index contributed by atoms with van der Waals surface area (Å²) in [6.07, 6.45) is 1.66. The smallest absolute Gasteiger partial charge is 0.165 e. The van der Waals surface area contributed by atoms with Gasteiger partial charge in [0.05, 0.1) is 0 Å². The van der Waals surface area contributed by atoms with Gasteiger partial charge in [0.2, 0.25) is 0 Å². The molecule has 0 fully saturated rings. The minimum Gasteiger partial charge on any atom is -0.236 e. The lowest BCUT2D eigenvalue weighted by molar-refractivity contribution is 1.29. The van der Waals surface area contributed by atoms with Crippen LogP contribution in [0.4, 0.5) is 5.82 Å². The Morgan fingerprint density at radius 2 is 2.38 bits per heavy atom. The molecule has 2 nitrogen and oxygen atoms in total. The van der Waals surface area contributed by atoms with E-state index in [1.54, 1.807) is 12.3 Å². The third-order valence-electron chi connectivity index (χ3n) is 0.743. The van der Waals surface area contributed by atoms with Crippen molar-refractivity contribution >= 4 is 18.2 Å². The van der Waals surface area contributed by atoms with Gasteiger partial charge in [-0.2, -0.15) is 4.36 Å². The van der Waals surface area contributed by atoms with E-state index >= 15 is 0 Å². The van der Waals surface area contributed by atoms with Crippen molar-refractivity contribution in [2.75, 3.05) is 0 Å². The molecule has 40 valence electrons. The van der Waals surface area contributed by atoms with Crippen LogP contribution in [0.3, 0.4) is 0 Å². The van der Waals surface area contributed by atoms with Crippen LogP contribution >= 0.6 is 0 Å². The zero-order chi connectivity index (χ0) is 5.82. The van der Waals surface area contributed by atoms with Crippen LogP contribution < -0.4 is 0 Å². The quantitative estimate of drug-likeness (QED) is 0.566. The standard InChI is InChI=1S/C5H4N2S/c8-7-5-3-1-2-4-6-5/h1-4H. The Labute approximate surface area is 52.7 Å². The van der Waals surface area contributed by atoms with E-state index in [1.807, 2.05) is 12.1 Å². The first-order chi connectivity index (χ1) is 3.93. The maximum absolute atomic E-state index is 4.38. The monoisotopic (exact) mass is 124 g/mol. The van der Waals surface area contributed by atoms with Gasteiger partial charge in [0.15, 0.2) is 5.82 Å². The molecule has 0 aliphatic rings. The Kier molecular flexibility index (Phi) is 1.64. The molecular weight excluding hydrogens is 120 g/mol. The molecule has 3 heteroatoms. The van der Waals surface area contributed by atoms with Crippen LogP contribution in [0.1, 0.15) is 0 Å². The normalized spacial score (nSPS) is 8.50. The van der Waals surface area contributed by atoms with Crippen LogP contribution in [0.2, 0.25) is 0 Å². The lowest BCUT2D eigenvalue weighted by Gasteiger charge is -1.82. The number of hydrogen-bond acceptors (Lipinski definition) is 3. The molecule has 8 heavy (non-hydrogen) atoms. The van der Waals surface area contributed by atoms with Gasteiger partial charge in [0, 0.05) is 18.6 Å². The summed E-state index contributed by atoms with van der Waals surface area (Å²) in [5, 5.41) is 0. The maximum Gasteiger partial charge on any atom is 0.165 e. The van der Waals surface area contributed by atoms with Crippen LogP contribution in [0, 0.1) is 0 Å². The van der Waals surface area contributed by atoms with Crippen LogP contribution in [0.25, 0.3) is 0 Å². The van der Waals surface area contributed by atoms with Gasteiger partial charge >= 0.3 is 0 Å². The predicted molar refractivity (Wildman–Crippen MR) is 33.7 cm³/mol. The van der Waals surface area contributed by atoms with Gasteiger partial charge in [-0.1, -0.05) is 6.07 Å². The van der Waals surface area contributed by atoms with Crippen molar-refractivity contribution in [2.45, 2.75) is 0 Å². The van der Waals surface area contributed by atoms with E-state index in [9.17, 15) is 0 Å². The summed E-state index contributed by atoms with van der Waals surface area (Å²) in [6.45, 7) is 0. The van der Waals surface area contributed by atoms with Crippen molar-refractivity contribution in [2.24, 2.45) is 4.36 Å². The molecule has 0 N–H and O–H groups in total. The highest BCUT2D eigenvalue weighted by atomic mass is 32.1. The van der Waals surface area contributed by atoms with Crippen LogP contribution in [-0.4, -0.2) is 4.98 Å². The maximum atomic E-state index is 4.38. The van der Waals surface area contributed by atoms with E-state index in [1.165, 1.54) is 0 Å².